The second-order valence-corrected chi connectivity index (χ2v) is 9.66. The van der Waals surface area contributed by atoms with Gasteiger partial charge in [0, 0.05) is 11.1 Å². The molecular formula is C33H26N6O2. The molecule has 2 aromatic heterocycles. The van der Waals surface area contributed by atoms with E-state index in [1.54, 1.807) is 12.1 Å². The zero-order chi connectivity index (χ0) is 28.0. The predicted octanol–water partition coefficient (Wildman–Crippen LogP) is 7.14. The minimum atomic E-state index is 0.606. The number of benzene rings is 4. The summed E-state index contributed by atoms with van der Waals surface area (Å²) in [5, 5.41) is 18.2. The molecule has 0 aliphatic carbocycles. The number of nitrogens with zero attached hydrogens (tertiary/aromatic N) is 4. The van der Waals surface area contributed by atoms with Crippen molar-refractivity contribution < 1.29 is 9.47 Å². The van der Waals surface area contributed by atoms with E-state index >= 15 is 0 Å². The Balaban J connectivity index is 0.917. The van der Waals surface area contributed by atoms with E-state index in [1.165, 1.54) is 0 Å². The van der Waals surface area contributed by atoms with Gasteiger partial charge < -0.3 is 19.4 Å². The van der Waals surface area contributed by atoms with Crippen LogP contribution >= 0.6 is 0 Å². The number of rotatable bonds is 10. The molecule has 2 N–H and O–H groups in total. The molecular weight excluding hydrogens is 512 g/mol. The molecule has 0 saturated carbocycles. The Morgan fingerprint density at radius 3 is 1.41 bits per heavy atom. The lowest BCUT2D eigenvalue weighted by Crippen LogP contribution is -2.01. The van der Waals surface area contributed by atoms with Crippen molar-refractivity contribution in [2.45, 2.75) is 19.3 Å². The fourth-order valence-electron chi connectivity index (χ4n) is 4.61. The fourth-order valence-corrected chi connectivity index (χ4v) is 4.61. The molecule has 200 valence electrons. The summed E-state index contributed by atoms with van der Waals surface area (Å²) in [6.45, 7) is 1.28. The van der Waals surface area contributed by atoms with Gasteiger partial charge >= 0.3 is 0 Å². The van der Waals surface area contributed by atoms with Crippen LogP contribution in [-0.4, -0.2) is 33.1 Å². The van der Waals surface area contributed by atoms with E-state index in [1.807, 2.05) is 72.8 Å². The fraction of sp³-hybridized carbons (Fsp3) is 0.152. The van der Waals surface area contributed by atoms with Crippen LogP contribution in [0.25, 0.3) is 44.8 Å². The third kappa shape index (κ3) is 5.88. The second-order valence-electron chi connectivity index (χ2n) is 9.66. The van der Waals surface area contributed by atoms with Crippen LogP contribution < -0.4 is 9.47 Å². The molecule has 6 aromatic rings. The van der Waals surface area contributed by atoms with Crippen LogP contribution in [0, 0.1) is 22.7 Å². The Hall–Kier alpha value is -5.60. The third-order valence-electron chi connectivity index (χ3n) is 6.80. The van der Waals surface area contributed by atoms with Gasteiger partial charge in [0.25, 0.3) is 0 Å². The monoisotopic (exact) mass is 538 g/mol. The van der Waals surface area contributed by atoms with E-state index in [2.05, 4.69) is 32.1 Å². The van der Waals surface area contributed by atoms with Crippen molar-refractivity contribution in [2.75, 3.05) is 13.2 Å². The first-order chi connectivity index (χ1) is 20.2. The summed E-state index contributed by atoms with van der Waals surface area (Å²) in [5.74, 6) is 3.17. The maximum atomic E-state index is 9.09. The van der Waals surface area contributed by atoms with E-state index in [4.69, 9.17) is 20.0 Å². The number of aromatic amines is 2. The van der Waals surface area contributed by atoms with Crippen LogP contribution in [0.15, 0.2) is 84.9 Å². The average molecular weight is 539 g/mol. The van der Waals surface area contributed by atoms with Crippen molar-refractivity contribution >= 4 is 22.1 Å². The molecule has 8 nitrogen and oxygen atoms in total. The standard InChI is InChI=1S/C33H26N6O2/c34-20-22-4-14-28-30(18-22)38-32(36-28)24-6-10-26(11-7-24)40-16-2-1-3-17-41-27-12-8-25(9-13-27)33-37-29-15-5-23(21-35)19-31(29)39-33/h4-15,18-19H,1-3,16-17H2,(H,36,38)(H,37,39). The SMILES string of the molecule is N#Cc1ccc2nc(-c3ccc(OCCCCCOc4ccc(-c5nc6ccc(C#N)cc6[nH]5)cc4)cc3)[nH]c2c1. The molecule has 2 heterocycles. The van der Waals surface area contributed by atoms with Crippen LogP contribution in [0.5, 0.6) is 11.5 Å². The van der Waals surface area contributed by atoms with Crippen LogP contribution in [0.2, 0.25) is 0 Å². The number of hydrogen-bond donors (Lipinski definition) is 2. The molecule has 0 spiro atoms. The smallest absolute Gasteiger partial charge is 0.138 e. The topological polar surface area (TPSA) is 123 Å². The Morgan fingerprint density at radius 1 is 0.561 bits per heavy atom. The van der Waals surface area contributed by atoms with Gasteiger partial charge in [-0.25, -0.2) is 9.97 Å². The molecule has 8 heteroatoms. The zero-order valence-electron chi connectivity index (χ0n) is 22.2. The number of ether oxygens (including phenoxy) is 2. The number of nitrogens with one attached hydrogen (secondary N) is 2. The van der Waals surface area contributed by atoms with Crippen LogP contribution in [0.1, 0.15) is 30.4 Å². The Morgan fingerprint density at radius 2 is 1.00 bits per heavy atom. The molecule has 0 radical (unpaired) electrons. The highest BCUT2D eigenvalue weighted by Crippen LogP contribution is 2.25. The van der Waals surface area contributed by atoms with E-state index < -0.39 is 0 Å². The normalized spacial score (nSPS) is 10.9. The molecule has 6 rings (SSSR count). The van der Waals surface area contributed by atoms with Crippen molar-refractivity contribution in [1.29, 1.82) is 10.5 Å². The molecule has 0 unspecified atom stereocenters. The summed E-state index contributed by atoms with van der Waals surface area (Å²) < 4.78 is 11.8. The Kier molecular flexibility index (Phi) is 7.29. The molecule has 0 atom stereocenters. The molecule has 0 aliphatic heterocycles. The van der Waals surface area contributed by atoms with Gasteiger partial charge in [0.05, 0.1) is 58.5 Å². The Labute approximate surface area is 236 Å². The van der Waals surface area contributed by atoms with E-state index in [-0.39, 0.29) is 0 Å². The van der Waals surface area contributed by atoms with E-state index in [9.17, 15) is 0 Å². The van der Waals surface area contributed by atoms with Gasteiger partial charge in [0.15, 0.2) is 0 Å². The van der Waals surface area contributed by atoms with E-state index in [0.717, 1.165) is 75.6 Å². The van der Waals surface area contributed by atoms with Gasteiger partial charge in [-0.1, -0.05) is 0 Å². The molecule has 41 heavy (non-hydrogen) atoms. The second kappa shape index (κ2) is 11.6. The average Bonchev–Trinajstić information content (AvgIpc) is 3.65. The number of imidazole rings is 2. The minimum absolute atomic E-state index is 0.606. The first-order valence-corrected chi connectivity index (χ1v) is 13.4. The first kappa shape index (κ1) is 25.7. The summed E-state index contributed by atoms with van der Waals surface area (Å²) >= 11 is 0. The van der Waals surface area contributed by atoms with Gasteiger partial charge in [-0.05, 0) is 104 Å². The van der Waals surface area contributed by atoms with Gasteiger partial charge in [-0.2, -0.15) is 10.5 Å². The molecule has 0 aliphatic rings. The Bertz CT molecular complexity index is 1750. The predicted molar refractivity (Wildman–Crippen MR) is 157 cm³/mol. The van der Waals surface area contributed by atoms with Gasteiger partial charge in [-0.3, -0.25) is 0 Å². The highest BCUT2D eigenvalue weighted by molar-refractivity contribution is 5.81. The highest BCUT2D eigenvalue weighted by atomic mass is 16.5. The van der Waals surface area contributed by atoms with Crippen LogP contribution in [0.4, 0.5) is 0 Å². The lowest BCUT2D eigenvalue weighted by Gasteiger charge is -2.08. The highest BCUT2D eigenvalue weighted by Gasteiger charge is 2.08. The van der Waals surface area contributed by atoms with Gasteiger partial charge in [0.2, 0.25) is 0 Å². The van der Waals surface area contributed by atoms with Crippen molar-refractivity contribution in [3.63, 3.8) is 0 Å². The lowest BCUT2D eigenvalue weighted by molar-refractivity contribution is 0.279. The van der Waals surface area contributed by atoms with Gasteiger partial charge in [0.1, 0.15) is 23.1 Å². The first-order valence-electron chi connectivity index (χ1n) is 13.4. The molecule has 4 aromatic carbocycles. The van der Waals surface area contributed by atoms with E-state index in [0.29, 0.717) is 24.3 Å². The summed E-state index contributed by atoms with van der Waals surface area (Å²) in [4.78, 5) is 15.8. The third-order valence-corrected chi connectivity index (χ3v) is 6.80. The van der Waals surface area contributed by atoms with Crippen molar-refractivity contribution in [2.24, 2.45) is 0 Å². The summed E-state index contributed by atoms with van der Waals surface area (Å²) in [6.07, 6.45) is 2.88. The number of fused-ring (bicyclic) bond motifs is 2. The maximum absolute atomic E-state index is 9.09. The molecule has 0 fully saturated rings. The maximum Gasteiger partial charge on any atom is 0.138 e. The minimum Gasteiger partial charge on any atom is -0.494 e. The lowest BCUT2D eigenvalue weighted by atomic mass is 10.2. The zero-order valence-corrected chi connectivity index (χ0v) is 22.2. The van der Waals surface area contributed by atoms with Crippen molar-refractivity contribution in [3.8, 4) is 46.4 Å². The number of nitriles is 2. The van der Waals surface area contributed by atoms with Gasteiger partial charge in [-0.15, -0.1) is 0 Å². The van der Waals surface area contributed by atoms with Crippen LogP contribution in [-0.2, 0) is 0 Å². The molecule has 0 saturated heterocycles. The largest absolute Gasteiger partial charge is 0.494 e. The number of aromatic nitrogens is 4. The summed E-state index contributed by atoms with van der Waals surface area (Å²) in [7, 11) is 0. The molecule has 0 bridgehead atoms. The summed E-state index contributed by atoms with van der Waals surface area (Å²) in [6, 6.07) is 30.9. The van der Waals surface area contributed by atoms with Crippen molar-refractivity contribution in [3.05, 3.63) is 96.1 Å². The van der Waals surface area contributed by atoms with Crippen molar-refractivity contribution in [1.82, 2.24) is 19.9 Å². The number of hydrogen-bond acceptors (Lipinski definition) is 6. The number of unbranched alkanes of at least 4 members (excludes halogenated alkanes) is 2. The molecule has 0 amide bonds. The quantitative estimate of drug-likeness (QED) is 0.179. The number of H-pyrrole nitrogens is 2. The van der Waals surface area contributed by atoms with Crippen LogP contribution in [0.3, 0.4) is 0 Å². The summed E-state index contributed by atoms with van der Waals surface area (Å²) in [5.41, 5.74) is 6.50.